The first-order valence-corrected chi connectivity index (χ1v) is 8.89. The molecule has 152 valence electrons. The second-order valence-electron chi connectivity index (χ2n) is 4.91. The van der Waals surface area contributed by atoms with Crippen molar-refractivity contribution in [1.29, 1.82) is 0 Å². The molecule has 0 radical (unpaired) electrons. The molecule has 0 amide bonds. The van der Waals surface area contributed by atoms with E-state index in [1.54, 1.807) is 12.8 Å². The van der Waals surface area contributed by atoms with Crippen molar-refractivity contribution >= 4 is 47.2 Å². The summed E-state index contributed by atoms with van der Waals surface area (Å²) in [6.07, 6.45) is 3.60. The van der Waals surface area contributed by atoms with E-state index in [-0.39, 0.29) is 17.9 Å². The fraction of sp³-hybridized carbons (Fsp3) is 0.150. The van der Waals surface area contributed by atoms with Crippen LogP contribution in [0.15, 0.2) is 58.5 Å². The number of rotatable bonds is 0. The molecule has 0 saturated carbocycles. The van der Waals surface area contributed by atoms with E-state index in [4.69, 9.17) is 20.3 Å². The summed E-state index contributed by atoms with van der Waals surface area (Å²) in [5.41, 5.74) is 1.90. The molecule has 6 nitrogen and oxygen atoms in total. The molecule has 0 aromatic heterocycles. The number of hydrogen-bond donors (Lipinski definition) is 0. The summed E-state index contributed by atoms with van der Waals surface area (Å²) in [5.74, 6) is 1.62. The SMILES string of the molecule is C1=N[CH-]COc2ccccc2C=NCCOc2ccccc21.[H+].[N-]=C=S.[N-]=C=S.[Ni+2]. The van der Waals surface area contributed by atoms with Gasteiger partial charge in [-0.2, -0.15) is 10.3 Å². The van der Waals surface area contributed by atoms with Crippen LogP contribution in [-0.2, 0) is 16.5 Å². The van der Waals surface area contributed by atoms with Gasteiger partial charge in [-0.15, -0.1) is 12.8 Å². The van der Waals surface area contributed by atoms with E-state index in [9.17, 15) is 0 Å². The van der Waals surface area contributed by atoms with Crippen molar-refractivity contribution in [3.63, 3.8) is 0 Å². The van der Waals surface area contributed by atoms with Crippen LogP contribution >= 0.6 is 24.4 Å². The first-order chi connectivity index (χ1) is 13.8. The second kappa shape index (κ2) is 17.4. The summed E-state index contributed by atoms with van der Waals surface area (Å²) < 4.78 is 11.5. The van der Waals surface area contributed by atoms with Gasteiger partial charge in [0.1, 0.15) is 18.1 Å². The van der Waals surface area contributed by atoms with Gasteiger partial charge in [-0.1, -0.05) is 54.8 Å². The molecule has 1 heterocycles. The van der Waals surface area contributed by atoms with Crippen LogP contribution in [-0.4, -0.2) is 42.5 Å². The van der Waals surface area contributed by atoms with Crippen molar-refractivity contribution in [3.8, 4) is 11.5 Å². The molecular formula is C20H18N4NiO2S2. The minimum atomic E-state index is 0. The molecular weight excluding hydrogens is 451 g/mol. The molecule has 2 aromatic carbocycles. The van der Waals surface area contributed by atoms with E-state index in [1.807, 2.05) is 54.7 Å². The van der Waals surface area contributed by atoms with Crippen molar-refractivity contribution in [2.45, 2.75) is 0 Å². The normalized spacial score (nSPS) is 11.6. The third-order valence-corrected chi connectivity index (χ3v) is 3.18. The molecule has 0 atom stereocenters. The Bertz CT molecular complexity index is 798. The van der Waals surface area contributed by atoms with E-state index < -0.39 is 0 Å². The van der Waals surface area contributed by atoms with Crippen LogP contribution in [0, 0.1) is 6.54 Å². The van der Waals surface area contributed by atoms with Gasteiger partial charge in [0.25, 0.3) is 0 Å². The molecule has 0 aliphatic carbocycles. The van der Waals surface area contributed by atoms with Crippen molar-refractivity contribution in [2.24, 2.45) is 9.98 Å². The van der Waals surface area contributed by atoms with Gasteiger partial charge in [0.05, 0.1) is 13.2 Å². The molecule has 0 fully saturated rings. The van der Waals surface area contributed by atoms with Gasteiger partial charge in [-0.05, 0) is 23.8 Å². The monoisotopic (exact) mass is 468 g/mol. The van der Waals surface area contributed by atoms with Crippen molar-refractivity contribution in [2.75, 3.05) is 19.8 Å². The Balaban J connectivity index is 0. The quantitative estimate of drug-likeness (QED) is 0.245. The number of nitrogens with zero attached hydrogens (tertiary/aromatic N) is 4. The molecule has 1 aliphatic rings. The molecule has 1 aliphatic heterocycles. The maximum atomic E-state index is 7.13. The number of isothiocyanates is 2. The standard InChI is InChI=1S/C18H17N2O2.2CNS.Ni/c1-3-7-17-15(5-1)13-19-9-12-22-18-8-4-2-6-16(18)14-20-10-11-21-17;2*2-1-3;/h1-9,13-14H,10-12H2;;;/q3*-1;+2/p+1. The zero-order chi connectivity index (χ0) is 20.5. The number of aliphatic imine (C=N–C) groups is 2. The first kappa shape index (κ1) is 26.3. The molecule has 0 spiro atoms. The molecule has 3 rings (SSSR count). The van der Waals surface area contributed by atoms with E-state index in [0.717, 1.165) is 22.6 Å². The third kappa shape index (κ3) is 11.1. The van der Waals surface area contributed by atoms with Crippen LogP contribution < -0.4 is 9.47 Å². The van der Waals surface area contributed by atoms with Crippen LogP contribution in [0.3, 0.4) is 0 Å². The fourth-order valence-electron chi connectivity index (χ4n) is 2.11. The fourth-order valence-corrected chi connectivity index (χ4v) is 2.11. The Morgan fingerprint density at radius 1 is 0.897 bits per heavy atom. The van der Waals surface area contributed by atoms with Gasteiger partial charge < -0.3 is 25.3 Å². The Labute approximate surface area is 192 Å². The second-order valence-corrected chi connectivity index (χ2v) is 5.28. The predicted octanol–water partition coefficient (Wildman–Crippen LogP) is 4.58. The van der Waals surface area contributed by atoms with Crippen molar-refractivity contribution < 1.29 is 27.4 Å². The van der Waals surface area contributed by atoms with Crippen LogP contribution in [0.25, 0.3) is 10.8 Å². The number of fused-ring (bicyclic) bond motifs is 2. The van der Waals surface area contributed by atoms with Crippen LogP contribution in [0.5, 0.6) is 11.5 Å². The van der Waals surface area contributed by atoms with Gasteiger partial charge >= 0.3 is 17.9 Å². The van der Waals surface area contributed by atoms with Crippen LogP contribution in [0.1, 0.15) is 12.6 Å². The third-order valence-electron chi connectivity index (χ3n) is 3.18. The summed E-state index contributed by atoms with van der Waals surface area (Å²) in [4.78, 5) is 8.68. The van der Waals surface area contributed by atoms with Crippen molar-refractivity contribution in [1.82, 2.24) is 0 Å². The van der Waals surface area contributed by atoms with E-state index in [1.165, 1.54) is 10.3 Å². The largest absolute Gasteiger partial charge is 2.00 e. The minimum absolute atomic E-state index is 0. The first-order valence-electron chi connectivity index (χ1n) is 8.07. The van der Waals surface area contributed by atoms with Gasteiger partial charge in [-0.25, -0.2) is 0 Å². The average molecular weight is 469 g/mol. The number of para-hydroxylation sites is 2. The molecule has 0 saturated heterocycles. The smallest absolute Gasteiger partial charge is 0.753 e. The maximum Gasteiger partial charge on any atom is 2.00 e. The van der Waals surface area contributed by atoms with Crippen molar-refractivity contribution in [3.05, 3.63) is 77.0 Å². The predicted molar refractivity (Wildman–Crippen MR) is 121 cm³/mol. The van der Waals surface area contributed by atoms with Gasteiger partial charge in [0.15, 0.2) is 0 Å². The maximum absolute atomic E-state index is 7.13. The zero-order valence-electron chi connectivity index (χ0n) is 16.2. The summed E-state index contributed by atoms with van der Waals surface area (Å²) in [6.45, 7) is 3.25. The molecule has 0 unspecified atom stereocenters. The van der Waals surface area contributed by atoms with Gasteiger partial charge in [-0.3, -0.25) is 4.99 Å². The van der Waals surface area contributed by atoms with Gasteiger partial charge in [0, 0.05) is 11.8 Å². The summed E-state index contributed by atoms with van der Waals surface area (Å²) in [7, 11) is 0. The zero-order valence-corrected chi connectivity index (χ0v) is 17.8. The van der Waals surface area contributed by atoms with Crippen LogP contribution in [0.2, 0.25) is 0 Å². The molecule has 0 bridgehead atoms. The molecule has 2 aromatic rings. The van der Waals surface area contributed by atoms with E-state index in [0.29, 0.717) is 19.8 Å². The Morgan fingerprint density at radius 2 is 1.41 bits per heavy atom. The molecule has 9 heteroatoms. The van der Waals surface area contributed by atoms with E-state index >= 15 is 0 Å². The minimum Gasteiger partial charge on any atom is -0.753 e. The Kier molecular flexibility index (Phi) is 15.8. The summed E-state index contributed by atoms with van der Waals surface area (Å²) in [5, 5.41) is 16.9. The average Bonchev–Trinajstić information content (AvgIpc) is 2.70. The summed E-state index contributed by atoms with van der Waals surface area (Å²) in [6, 6.07) is 15.6. The number of hydrogen-bond acceptors (Lipinski definition) is 6. The Hall–Kier alpha value is -2.66. The number of ether oxygens (including phenoxy) is 2. The van der Waals surface area contributed by atoms with Gasteiger partial charge in [0.2, 0.25) is 0 Å². The molecule has 0 N–H and O–H groups in total. The number of benzene rings is 2. The Morgan fingerprint density at radius 3 is 2.03 bits per heavy atom. The van der Waals surface area contributed by atoms with E-state index in [2.05, 4.69) is 34.4 Å². The summed E-state index contributed by atoms with van der Waals surface area (Å²) >= 11 is 7.40. The molecule has 29 heavy (non-hydrogen) atoms. The number of thiocarbonyl (C=S) groups is 2. The topological polar surface area (TPSA) is 87.8 Å². The van der Waals surface area contributed by atoms with Crippen LogP contribution in [0.4, 0.5) is 0 Å².